The molecule has 2 heterocycles. The van der Waals surface area contributed by atoms with Crippen molar-refractivity contribution in [1.29, 1.82) is 0 Å². The van der Waals surface area contributed by atoms with Crippen LogP contribution in [0.15, 0.2) is 18.5 Å². The molecule has 1 fully saturated rings. The highest BCUT2D eigenvalue weighted by Crippen LogP contribution is 2.11. The van der Waals surface area contributed by atoms with Crippen molar-refractivity contribution in [3.63, 3.8) is 0 Å². The van der Waals surface area contributed by atoms with E-state index in [0.29, 0.717) is 6.04 Å². The van der Waals surface area contributed by atoms with Gasteiger partial charge in [0.15, 0.2) is 0 Å². The molecule has 4 nitrogen and oxygen atoms in total. The maximum atomic E-state index is 4.20. The van der Waals surface area contributed by atoms with E-state index < -0.39 is 0 Å². The average molecular weight is 234 g/mol. The molecule has 94 valence electrons. The number of likely N-dealkylation sites (tertiary alicyclic amines) is 1. The first-order valence-electron chi connectivity index (χ1n) is 6.57. The summed E-state index contributed by atoms with van der Waals surface area (Å²) in [6, 6.07) is 2.46. The molecule has 0 saturated carbocycles. The first-order valence-corrected chi connectivity index (χ1v) is 6.57. The average Bonchev–Trinajstić information content (AvgIpc) is 2.41. The lowest BCUT2D eigenvalue weighted by Gasteiger charge is -2.32. The van der Waals surface area contributed by atoms with Crippen LogP contribution in [0.2, 0.25) is 0 Å². The maximum Gasteiger partial charge on any atom is 0.141 e. The zero-order valence-electron chi connectivity index (χ0n) is 10.6. The van der Waals surface area contributed by atoms with Gasteiger partial charge in [0, 0.05) is 25.0 Å². The normalized spacial score (nSPS) is 19.1. The molecule has 1 aromatic rings. The fourth-order valence-electron chi connectivity index (χ4n) is 2.30. The van der Waals surface area contributed by atoms with Gasteiger partial charge in [0.05, 0.1) is 6.54 Å². The van der Waals surface area contributed by atoms with Crippen LogP contribution >= 0.6 is 0 Å². The molecule has 1 aliphatic rings. The van der Waals surface area contributed by atoms with Crippen LogP contribution in [0, 0.1) is 0 Å². The zero-order valence-corrected chi connectivity index (χ0v) is 10.6. The number of aromatic nitrogens is 2. The van der Waals surface area contributed by atoms with E-state index in [1.807, 2.05) is 6.07 Å². The van der Waals surface area contributed by atoms with Crippen molar-refractivity contribution in [3.05, 3.63) is 24.3 Å². The predicted octanol–water partition coefficient (Wildman–Crippen LogP) is 1.44. The van der Waals surface area contributed by atoms with Gasteiger partial charge in [-0.05, 0) is 38.9 Å². The molecule has 0 aromatic carbocycles. The Balaban J connectivity index is 1.67. The molecule has 0 spiro atoms. The number of hydrogen-bond donors (Lipinski definition) is 1. The second-order valence-corrected chi connectivity index (χ2v) is 4.74. The van der Waals surface area contributed by atoms with Crippen molar-refractivity contribution in [2.24, 2.45) is 0 Å². The number of nitrogens with zero attached hydrogens (tertiary/aromatic N) is 3. The lowest BCUT2D eigenvalue weighted by atomic mass is 10.1. The molecule has 0 radical (unpaired) electrons. The van der Waals surface area contributed by atoms with Crippen molar-refractivity contribution in [3.8, 4) is 0 Å². The van der Waals surface area contributed by atoms with Crippen molar-refractivity contribution in [2.45, 2.75) is 38.8 Å². The van der Waals surface area contributed by atoms with Crippen LogP contribution in [-0.2, 0) is 6.54 Å². The Bertz CT molecular complexity index is 308. The number of nitrogens with one attached hydrogen (secondary N) is 1. The number of rotatable bonds is 5. The summed E-state index contributed by atoms with van der Waals surface area (Å²) in [7, 11) is 0. The Kier molecular flexibility index (Phi) is 4.88. The van der Waals surface area contributed by atoms with Crippen LogP contribution in [-0.4, -0.2) is 40.5 Å². The van der Waals surface area contributed by atoms with E-state index in [1.54, 1.807) is 12.4 Å². The molecule has 17 heavy (non-hydrogen) atoms. The largest absolute Gasteiger partial charge is 0.308 e. The molecule has 4 heteroatoms. The molecule has 1 aliphatic heterocycles. The topological polar surface area (TPSA) is 41.1 Å². The number of piperidine rings is 1. The highest BCUT2D eigenvalue weighted by atomic mass is 15.2. The van der Waals surface area contributed by atoms with Crippen LogP contribution in [0.1, 0.15) is 32.0 Å². The molecule has 1 saturated heterocycles. The second kappa shape index (κ2) is 6.67. The molecular formula is C13H22N4. The third-order valence-corrected chi connectivity index (χ3v) is 3.36. The SMILES string of the molecule is CC(CNCc1ncccn1)N1CCCCC1. The van der Waals surface area contributed by atoms with Crippen LogP contribution in [0.3, 0.4) is 0 Å². The van der Waals surface area contributed by atoms with Gasteiger partial charge in [0.2, 0.25) is 0 Å². The van der Waals surface area contributed by atoms with Gasteiger partial charge < -0.3 is 5.32 Å². The molecular weight excluding hydrogens is 212 g/mol. The molecule has 1 N–H and O–H groups in total. The van der Waals surface area contributed by atoms with E-state index in [0.717, 1.165) is 18.9 Å². The summed E-state index contributed by atoms with van der Waals surface area (Å²) in [5.41, 5.74) is 0. The van der Waals surface area contributed by atoms with E-state index in [1.165, 1.54) is 32.4 Å². The molecule has 2 rings (SSSR count). The molecule has 0 bridgehead atoms. The van der Waals surface area contributed by atoms with Crippen molar-refractivity contribution in [1.82, 2.24) is 20.2 Å². The minimum Gasteiger partial charge on any atom is -0.308 e. The summed E-state index contributed by atoms with van der Waals surface area (Å²) in [4.78, 5) is 11.0. The highest BCUT2D eigenvalue weighted by Gasteiger charge is 2.15. The lowest BCUT2D eigenvalue weighted by molar-refractivity contribution is 0.170. The Morgan fingerprint density at radius 3 is 2.65 bits per heavy atom. The summed E-state index contributed by atoms with van der Waals surface area (Å²) >= 11 is 0. The third kappa shape index (κ3) is 4.06. The van der Waals surface area contributed by atoms with Crippen molar-refractivity contribution >= 4 is 0 Å². The predicted molar refractivity (Wildman–Crippen MR) is 68.6 cm³/mol. The van der Waals surface area contributed by atoms with Gasteiger partial charge >= 0.3 is 0 Å². The molecule has 1 unspecified atom stereocenters. The van der Waals surface area contributed by atoms with Crippen LogP contribution in [0.25, 0.3) is 0 Å². The smallest absolute Gasteiger partial charge is 0.141 e. The minimum atomic E-state index is 0.610. The van der Waals surface area contributed by atoms with E-state index in [2.05, 4.69) is 27.1 Å². The first kappa shape index (κ1) is 12.5. The first-order chi connectivity index (χ1) is 8.36. The summed E-state index contributed by atoms with van der Waals surface area (Å²) in [6.45, 7) is 6.58. The monoisotopic (exact) mass is 234 g/mol. The van der Waals surface area contributed by atoms with Gasteiger partial charge in [-0.25, -0.2) is 9.97 Å². The molecule has 0 aliphatic carbocycles. The number of hydrogen-bond acceptors (Lipinski definition) is 4. The minimum absolute atomic E-state index is 0.610. The molecule has 0 amide bonds. The van der Waals surface area contributed by atoms with E-state index >= 15 is 0 Å². The maximum absolute atomic E-state index is 4.20. The standard InChI is InChI=1S/C13H22N4/c1-12(17-8-3-2-4-9-17)10-14-11-13-15-6-5-7-16-13/h5-7,12,14H,2-4,8-11H2,1H3. The van der Waals surface area contributed by atoms with Crippen LogP contribution in [0.4, 0.5) is 0 Å². The van der Waals surface area contributed by atoms with E-state index in [9.17, 15) is 0 Å². The van der Waals surface area contributed by atoms with E-state index in [4.69, 9.17) is 0 Å². The molecule has 1 aromatic heterocycles. The Hall–Kier alpha value is -1.00. The fraction of sp³-hybridized carbons (Fsp3) is 0.692. The zero-order chi connectivity index (χ0) is 11.9. The fourth-order valence-corrected chi connectivity index (χ4v) is 2.30. The van der Waals surface area contributed by atoms with Gasteiger partial charge in [-0.1, -0.05) is 6.42 Å². The highest BCUT2D eigenvalue weighted by molar-refractivity contribution is 4.88. The second-order valence-electron chi connectivity index (χ2n) is 4.74. The van der Waals surface area contributed by atoms with E-state index in [-0.39, 0.29) is 0 Å². The van der Waals surface area contributed by atoms with Gasteiger partial charge in [0.1, 0.15) is 5.82 Å². The van der Waals surface area contributed by atoms with Crippen molar-refractivity contribution < 1.29 is 0 Å². The third-order valence-electron chi connectivity index (χ3n) is 3.36. The van der Waals surface area contributed by atoms with Gasteiger partial charge in [-0.15, -0.1) is 0 Å². The van der Waals surface area contributed by atoms with Crippen LogP contribution in [0.5, 0.6) is 0 Å². The summed E-state index contributed by atoms with van der Waals surface area (Å²) in [5.74, 6) is 0.873. The molecule has 1 atom stereocenters. The summed E-state index contributed by atoms with van der Waals surface area (Å²) in [6.07, 6.45) is 7.68. The van der Waals surface area contributed by atoms with Crippen LogP contribution < -0.4 is 5.32 Å². The van der Waals surface area contributed by atoms with Gasteiger partial charge in [-0.3, -0.25) is 4.90 Å². The van der Waals surface area contributed by atoms with Gasteiger partial charge in [0.25, 0.3) is 0 Å². The quantitative estimate of drug-likeness (QED) is 0.837. The summed E-state index contributed by atoms with van der Waals surface area (Å²) < 4.78 is 0. The summed E-state index contributed by atoms with van der Waals surface area (Å²) in [5, 5.41) is 3.43. The Morgan fingerprint density at radius 1 is 1.24 bits per heavy atom. The lowest BCUT2D eigenvalue weighted by Crippen LogP contribution is -2.43. The van der Waals surface area contributed by atoms with Gasteiger partial charge in [-0.2, -0.15) is 0 Å². The Morgan fingerprint density at radius 2 is 1.94 bits per heavy atom. The van der Waals surface area contributed by atoms with Crippen molar-refractivity contribution in [2.75, 3.05) is 19.6 Å². The Labute approximate surface area is 103 Å².